The number of carbonyl (C=O) groups excluding carboxylic acids is 2. The summed E-state index contributed by atoms with van der Waals surface area (Å²) in [5.74, 6) is -1.00. The largest absolute Gasteiger partial charge is 0.328 e. The van der Waals surface area contributed by atoms with Gasteiger partial charge in [0, 0.05) is 37.3 Å². The first-order valence-corrected chi connectivity index (χ1v) is 9.83. The molecule has 0 spiro atoms. The third-order valence-corrected chi connectivity index (χ3v) is 5.52. The Morgan fingerprint density at radius 2 is 2.26 bits per heavy atom. The molecule has 0 saturated heterocycles. The first-order valence-electron chi connectivity index (χ1n) is 9.83. The molecule has 3 amide bonds. The Hall–Kier alpha value is -3.49. The molecule has 4 rings (SSSR count). The molecule has 2 aliphatic heterocycles. The molecule has 2 aromatic rings. The van der Waals surface area contributed by atoms with Crippen molar-refractivity contribution in [3.8, 4) is 6.07 Å². The highest BCUT2D eigenvalue weighted by atomic mass is 19.1. The fourth-order valence-corrected chi connectivity index (χ4v) is 3.89. The molecular weight excluding hydrogens is 405 g/mol. The lowest BCUT2D eigenvalue weighted by Crippen LogP contribution is -2.45. The Morgan fingerprint density at radius 1 is 1.48 bits per heavy atom. The van der Waals surface area contributed by atoms with Crippen molar-refractivity contribution < 1.29 is 18.8 Å². The first kappa shape index (κ1) is 20.8. The van der Waals surface area contributed by atoms with Crippen LogP contribution < -0.4 is 11.1 Å². The Kier molecular flexibility index (Phi) is 5.34. The molecule has 1 unspecified atom stereocenters. The third kappa shape index (κ3) is 3.71. The molecule has 0 aliphatic carbocycles. The van der Waals surface area contributed by atoms with E-state index in [0.29, 0.717) is 29.9 Å². The zero-order valence-corrected chi connectivity index (χ0v) is 17.1. The summed E-state index contributed by atoms with van der Waals surface area (Å²) < 4.78 is 15.2. The van der Waals surface area contributed by atoms with Crippen LogP contribution >= 0.6 is 0 Å². The SMILES string of the molecule is C[C@@H]1Cc2nn3c(c2CN1C(=O)Nc1ccc(F)c(C#N)c1)C(=O)N(C)OC(CN)C3. The molecular formula is C20H22FN7O3. The number of carbonyl (C=O) groups is 2. The third-order valence-electron chi connectivity index (χ3n) is 5.52. The summed E-state index contributed by atoms with van der Waals surface area (Å²) in [7, 11) is 1.53. The van der Waals surface area contributed by atoms with Gasteiger partial charge in [0.15, 0.2) is 0 Å². The zero-order valence-electron chi connectivity index (χ0n) is 17.1. The summed E-state index contributed by atoms with van der Waals surface area (Å²) in [6.07, 6.45) is 0.0852. The van der Waals surface area contributed by atoms with E-state index in [1.54, 1.807) is 15.7 Å². The highest BCUT2D eigenvalue weighted by Crippen LogP contribution is 2.29. The first-order chi connectivity index (χ1) is 14.8. The summed E-state index contributed by atoms with van der Waals surface area (Å²) in [5.41, 5.74) is 7.71. The number of hydrogen-bond donors (Lipinski definition) is 2. The van der Waals surface area contributed by atoms with Crippen LogP contribution in [0.2, 0.25) is 0 Å². The molecule has 11 heteroatoms. The number of nitriles is 1. The number of hydroxylamine groups is 2. The molecule has 31 heavy (non-hydrogen) atoms. The summed E-state index contributed by atoms with van der Waals surface area (Å²) in [5, 5.41) is 17.4. The van der Waals surface area contributed by atoms with E-state index in [1.165, 1.54) is 19.2 Å². The van der Waals surface area contributed by atoms with Crippen molar-refractivity contribution in [1.29, 1.82) is 5.26 Å². The Bertz CT molecular complexity index is 1090. The maximum Gasteiger partial charge on any atom is 0.322 e. The molecule has 0 fully saturated rings. The molecule has 1 aromatic carbocycles. The number of anilines is 1. The number of halogens is 1. The summed E-state index contributed by atoms with van der Waals surface area (Å²) in [6, 6.07) is 4.95. The van der Waals surface area contributed by atoms with Crippen LogP contribution in [0, 0.1) is 17.1 Å². The molecule has 3 heterocycles. The molecule has 0 bridgehead atoms. The molecule has 2 aliphatic rings. The number of nitrogens with two attached hydrogens (primary N) is 1. The fourth-order valence-electron chi connectivity index (χ4n) is 3.89. The highest BCUT2D eigenvalue weighted by molar-refractivity contribution is 5.94. The van der Waals surface area contributed by atoms with Crippen molar-refractivity contribution in [2.24, 2.45) is 5.73 Å². The van der Waals surface area contributed by atoms with E-state index in [4.69, 9.17) is 15.8 Å². The molecule has 0 radical (unpaired) electrons. The number of nitrogens with one attached hydrogen (secondary N) is 1. The van der Waals surface area contributed by atoms with Crippen LogP contribution in [0.4, 0.5) is 14.9 Å². The van der Waals surface area contributed by atoms with Gasteiger partial charge in [-0.05, 0) is 25.1 Å². The number of benzene rings is 1. The summed E-state index contributed by atoms with van der Waals surface area (Å²) >= 11 is 0. The Balaban J connectivity index is 1.61. The topological polar surface area (TPSA) is 130 Å². The van der Waals surface area contributed by atoms with Gasteiger partial charge in [-0.25, -0.2) is 14.2 Å². The normalized spacial score (nSPS) is 20.5. The van der Waals surface area contributed by atoms with E-state index in [0.717, 1.165) is 16.8 Å². The smallest absolute Gasteiger partial charge is 0.322 e. The predicted octanol–water partition coefficient (Wildman–Crippen LogP) is 1.22. The quantitative estimate of drug-likeness (QED) is 0.741. The minimum Gasteiger partial charge on any atom is -0.328 e. The van der Waals surface area contributed by atoms with Crippen molar-refractivity contribution in [3.63, 3.8) is 0 Å². The van der Waals surface area contributed by atoms with Gasteiger partial charge in [0.25, 0.3) is 5.91 Å². The fraction of sp³-hybridized carbons (Fsp3) is 0.400. The number of hydrogen-bond acceptors (Lipinski definition) is 6. The van der Waals surface area contributed by atoms with Gasteiger partial charge in [0.1, 0.15) is 23.7 Å². The molecule has 2 atom stereocenters. The lowest BCUT2D eigenvalue weighted by Gasteiger charge is -2.33. The average Bonchev–Trinajstić information content (AvgIpc) is 3.03. The number of rotatable bonds is 2. The van der Waals surface area contributed by atoms with Crippen molar-refractivity contribution in [1.82, 2.24) is 19.7 Å². The van der Waals surface area contributed by atoms with Crippen molar-refractivity contribution >= 4 is 17.6 Å². The second-order valence-corrected chi connectivity index (χ2v) is 7.64. The van der Waals surface area contributed by atoms with Gasteiger partial charge < -0.3 is 16.0 Å². The number of nitrogens with zero attached hydrogens (tertiary/aromatic N) is 5. The van der Waals surface area contributed by atoms with Crippen LogP contribution in [0.3, 0.4) is 0 Å². The second kappa shape index (κ2) is 7.98. The molecule has 0 saturated carbocycles. The van der Waals surface area contributed by atoms with Crippen LogP contribution in [0.25, 0.3) is 0 Å². The Labute approximate surface area is 177 Å². The number of urea groups is 1. The van der Waals surface area contributed by atoms with E-state index >= 15 is 0 Å². The predicted molar refractivity (Wildman–Crippen MR) is 107 cm³/mol. The Morgan fingerprint density at radius 3 is 2.97 bits per heavy atom. The lowest BCUT2D eigenvalue weighted by molar-refractivity contribution is -0.144. The van der Waals surface area contributed by atoms with E-state index in [-0.39, 0.29) is 36.7 Å². The number of fused-ring (bicyclic) bond motifs is 3. The van der Waals surface area contributed by atoms with Crippen LogP contribution in [0.1, 0.15) is 34.2 Å². The number of aromatic nitrogens is 2. The van der Waals surface area contributed by atoms with Gasteiger partial charge in [0.2, 0.25) is 0 Å². The summed E-state index contributed by atoms with van der Waals surface area (Å²) in [4.78, 5) is 33.0. The standard InChI is InChI=1S/C20H22FN7O3/c1-11-5-17-15(18-19(29)26(2)31-14(8-23)9-28(18)25-17)10-27(11)20(30)24-13-3-4-16(21)12(6-13)7-22/h3-4,6,11,14H,5,8-10,23H2,1-2H3,(H,24,30)/t11-,14?/m1/s1. The van der Waals surface area contributed by atoms with E-state index in [2.05, 4.69) is 10.4 Å². The number of amides is 3. The van der Waals surface area contributed by atoms with Gasteiger partial charge in [-0.1, -0.05) is 0 Å². The van der Waals surface area contributed by atoms with Gasteiger partial charge in [-0.3, -0.25) is 14.3 Å². The molecule has 3 N–H and O–H groups in total. The minimum absolute atomic E-state index is 0.156. The van der Waals surface area contributed by atoms with Crippen LogP contribution in [-0.4, -0.2) is 57.4 Å². The van der Waals surface area contributed by atoms with Gasteiger partial charge in [0.05, 0.1) is 24.3 Å². The van der Waals surface area contributed by atoms with Crippen LogP contribution in [0.5, 0.6) is 0 Å². The van der Waals surface area contributed by atoms with Gasteiger partial charge >= 0.3 is 6.03 Å². The lowest BCUT2D eigenvalue weighted by atomic mass is 9.99. The monoisotopic (exact) mass is 427 g/mol. The molecule has 1 aromatic heterocycles. The maximum atomic E-state index is 13.6. The summed E-state index contributed by atoms with van der Waals surface area (Å²) in [6.45, 7) is 2.63. The van der Waals surface area contributed by atoms with Crippen LogP contribution in [0.15, 0.2) is 18.2 Å². The minimum atomic E-state index is -0.653. The van der Waals surface area contributed by atoms with Crippen molar-refractivity contribution in [2.75, 3.05) is 18.9 Å². The average molecular weight is 427 g/mol. The zero-order chi connectivity index (χ0) is 22.3. The van der Waals surface area contributed by atoms with E-state index in [1.807, 2.05) is 6.92 Å². The van der Waals surface area contributed by atoms with Crippen LogP contribution in [-0.2, 0) is 24.3 Å². The van der Waals surface area contributed by atoms with Crippen molar-refractivity contribution in [3.05, 3.63) is 46.5 Å². The maximum absolute atomic E-state index is 13.6. The highest BCUT2D eigenvalue weighted by Gasteiger charge is 2.37. The van der Waals surface area contributed by atoms with Gasteiger partial charge in [-0.15, -0.1) is 0 Å². The van der Waals surface area contributed by atoms with Gasteiger partial charge in [-0.2, -0.15) is 10.4 Å². The van der Waals surface area contributed by atoms with E-state index < -0.39 is 11.8 Å². The van der Waals surface area contributed by atoms with E-state index in [9.17, 15) is 14.0 Å². The second-order valence-electron chi connectivity index (χ2n) is 7.64. The van der Waals surface area contributed by atoms with Crippen molar-refractivity contribution in [2.45, 2.75) is 38.6 Å². The molecule has 162 valence electrons. The molecule has 10 nitrogen and oxygen atoms in total.